The maximum atomic E-state index is 13.7. The lowest BCUT2D eigenvalue weighted by atomic mass is 10.0. The molecule has 2 saturated heterocycles. The van der Waals surface area contributed by atoms with Gasteiger partial charge in [0.2, 0.25) is 11.8 Å². The van der Waals surface area contributed by atoms with Gasteiger partial charge in [-0.1, -0.05) is 109 Å². The van der Waals surface area contributed by atoms with Gasteiger partial charge in [-0.3, -0.25) is 9.59 Å². The Labute approximate surface area is 385 Å². The number of aromatic nitrogens is 4. The van der Waals surface area contributed by atoms with E-state index < -0.39 is 12.2 Å². The van der Waals surface area contributed by atoms with E-state index in [1.165, 1.54) is 14.2 Å². The van der Waals surface area contributed by atoms with Gasteiger partial charge in [-0.05, 0) is 84.7 Å². The Balaban J connectivity index is 0.868. The number of nitrogens with zero attached hydrogens (tertiary/aromatic N) is 4. The van der Waals surface area contributed by atoms with Crippen molar-refractivity contribution in [3.8, 4) is 33.6 Å². The molecule has 14 nitrogen and oxygen atoms in total. The molecule has 0 saturated carbocycles. The van der Waals surface area contributed by atoms with Crippen LogP contribution in [-0.4, -0.2) is 93.1 Å². The fourth-order valence-electron chi connectivity index (χ4n) is 9.22. The van der Waals surface area contributed by atoms with Crippen molar-refractivity contribution < 1.29 is 28.7 Å². The Morgan fingerprint density at radius 3 is 1.33 bits per heavy atom. The second kappa shape index (κ2) is 21.6. The molecule has 14 heteroatoms. The number of H-pyrrole nitrogens is 2. The molecule has 66 heavy (non-hydrogen) atoms. The Hall–Kier alpha value is -7.22. The van der Waals surface area contributed by atoms with Gasteiger partial charge in [-0.15, -0.1) is 0 Å². The van der Waals surface area contributed by atoms with Gasteiger partial charge in [0.05, 0.1) is 50.1 Å². The summed E-state index contributed by atoms with van der Waals surface area (Å²) in [5, 5.41) is 5.74. The molecule has 4 heterocycles. The highest BCUT2D eigenvalue weighted by molar-refractivity contribution is 5.80. The van der Waals surface area contributed by atoms with Crippen molar-refractivity contribution in [2.45, 2.75) is 88.4 Å². The first-order chi connectivity index (χ1) is 32.2. The Bertz CT molecular complexity index is 2370. The summed E-state index contributed by atoms with van der Waals surface area (Å²) in [6.07, 6.45) is 8.96. The molecule has 0 radical (unpaired) electrons. The van der Waals surface area contributed by atoms with Crippen LogP contribution in [0.25, 0.3) is 33.6 Å². The molecule has 1 unspecified atom stereocenters. The zero-order chi connectivity index (χ0) is 45.8. The number of imidazole rings is 2. The number of carbonyl (C=O) groups is 4. The van der Waals surface area contributed by atoms with Crippen LogP contribution in [0.5, 0.6) is 0 Å². The Kier molecular flexibility index (Phi) is 14.9. The average Bonchev–Trinajstić information content (AvgIpc) is 4.21. The summed E-state index contributed by atoms with van der Waals surface area (Å²) >= 11 is 0. The van der Waals surface area contributed by atoms with Gasteiger partial charge >= 0.3 is 12.2 Å². The molecule has 2 aliphatic rings. The monoisotopic (exact) mass is 890 g/mol. The number of nitrogens with one attached hydrogen (secondary N) is 4. The summed E-state index contributed by atoms with van der Waals surface area (Å²) < 4.78 is 9.74. The van der Waals surface area contributed by atoms with E-state index in [4.69, 9.17) is 19.4 Å². The molecule has 4 atom stereocenters. The summed E-state index contributed by atoms with van der Waals surface area (Å²) in [5.74, 6) is 1.46. The molecule has 2 fully saturated rings. The molecule has 4 N–H and O–H groups in total. The molecular formula is C52H58N8O6. The number of hydrogen-bond donors (Lipinski definition) is 4. The van der Waals surface area contributed by atoms with E-state index in [2.05, 4.69) is 69.1 Å². The van der Waals surface area contributed by atoms with Crippen molar-refractivity contribution in [2.24, 2.45) is 0 Å². The zero-order valence-corrected chi connectivity index (χ0v) is 37.6. The topological polar surface area (TPSA) is 175 Å². The quantitative estimate of drug-likeness (QED) is 0.0702. The second-order valence-electron chi connectivity index (χ2n) is 17.1. The van der Waals surface area contributed by atoms with Crippen molar-refractivity contribution >= 4 is 24.0 Å². The first-order valence-corrected chi connectivity index (χ1v) is 22.9. The summed E-state index contributed by atoms with van der Waals surface area (Å²) in [6, 6.07) is 35.6. The molecule has 8 rings (SSSR count). The molecule has 2 aliphatic heterocycles. The first kappa shape index (κ1) is 45.4. The van der Waals surface area contributed by atoms with Gasteiger partial charge in [0.15, 0.2) is 0 Å². The van der Waals surface area contributed by atoms with Crippen LogP contribution < -0.4 is 10.6 Å². The molecule has 0 aliphatic carbocycles. The molecule has 4 aromatic carbocycles. The van der Waals surface area contributed by atoms with E-state index in [9.17, 15) is 19.2 Å². The van der Waals surface area contributed by atoms with Gasteiger partial charge < -0.3 is 39.9 Å². The summed E-state index contributed by atoms with van der Waals surface area (Å²) in [6.45, 7) is 1.27. The fourth-order valence-corrected chi connectivity index (χ4v) is 9.22. The summed E-state index contributed by atoms with van der Waals surface area (Å²) in [4.78, 5) is 72.1. The van der Waals surface area contributed by atoms with Gasteiger partial charge in [-0.25, -0.2) is 19.6 Å². The zero-order valence-electron chi connectivity index (χ0n) is 37.6. The van der Waals surface area contributed by atoms with E-state index in [1.807, 2.05) is 82.9 Å². The normalized spacial score (nSPS) is 16.7. The fraction of sp³-hybridized carbons (Fsp3) is 0.346. The van der Waals surface area contributed by atoms with Gasteiger partial charge in [0.25, 0.3) is 0 Å². The number of benzene rings is 4. The molecule has 342 valence electrons. The smallest absolute Gasteiger partial charge is 0.407 e. The van der Waals surface area contributed by atoms with E-state index >= 15 is 0 Å². The Morgan fingerprint density at radius 2 is 0.955 bits per heavy atom. The summed E-state index contributed by atoms with van der Waals surface area (Å²) in [7, 11) is 2.66. The van der Waals surface area contributed by atoms with Crippen LogP contribution in [0.15, 0.2) is 122 Å². The predicted octanol–water partition coefficient (Wildman–Crippen LogP) is 8.96. The van der Waals surface area contributed by atoms with Crippen molar-refractivity contribution in [1.29, 1.82) is 0 Å². The van der Waals surface area contributed by atoms with Crippen LogP contribution >= 0.6 is 0 Å². The lowest BCUT2D eigenvalue weighted by Crippen LogP contribution is -2.41. The summed E-state index contributed by atoms with van der Waals surface area (Å²) in [5.41, 5.74) is 8.14. The minimum atomic E-state index is -0.544. The second-order valence-corrected chi connectivity index (χ2v) is 17.1. The van der Waals surface area contributed by atoms with Crippen molar-refractivity contribution in [3.05, 3.63) is 144 Å². The van der Waals surface area contributed by atoms with Crippen LogP contribution in [0.4, 0.5) is 9.59 Å². The molecule has 2 aromatic heterocycles. The van der Waals surface area contributed by atoms with Crippen molar-refractivity contribution in [2.75, 3.05) is 27.3 Å². The standard InChI is InChI=1S/C52H58N8O6/c1-65-51(63)55-41(27-17-35-11-5-3-6-12-35)31-47(61)59-29-9-15-45(59)49-53-33-43(57-49)39-23-19-37(20-24-39)38-21-25-40(26-22-38)44-34-54-50(58-44)46-16-10-30-60(46)48(62)32-42(56-52(64)66-2)28-18-36-13-7-4-8-14-36/h3-8,11-14,19-26,33-34,41-42,45-46H,9-10,15-18,27-32H2,1-2H3,(H,53,57)(H,54,58)(H,55,63)(H,56,64)/t41-,42?,45+,46+/m1/s1. The van der Waals surface area contributed by atoms with Crippen LogP contribution in [0.2, 0.25) is 0 Å². The van der Waals surface area contributed by atoms with Gasteiger partial charge in [0.1, 0.15) is 11.6 Å². The third-order valence-corrected chi connectivity index (χ3v) is 12.8. The lowest BCUT2D eigenvalue weighted by Gasteiger charge is -2.26. The number of likely N-dealkylation sites (tertiary alicyclic amines) is 2. The Morgan fingerprint density at radius 1 is 0.576 bits per heavy atom. The highest BCUT2D eigenvalue weighted by Gasteiger charge is 2.35. The number of methoxy groups -OCH3 is 2. The number of ether oxygens (including phenoxy) is 2. The number of amides is 4. The molecule has 6 aromatic rings. The molecule has 0 spiro atoms. The minimum Gasteiger partial charge on any atom is -0.453 e. The number of rotatable bonds is 17. The van der Waals surface area contributed by atoms with Crippen molar-refractivity contribution in [3.63, 3.8) is 0 Å². The van der Waals surface area contributed by atoms with Crippen LogP contribution in [0.1, 0.15) is 86.2 Å². The maximum absolute atomic E-state index is 13.7. The van der Waals surface area contributed by atoms with Gasteiger partial charge in [0, 0.05) is 38.0 Å². The third-order valence-electron chi connectivity index (χ3n) is 12.8. The highest BCUT2D eigenvalue weighted by atomic mass is 16.5. The molecule has 0 bridgehead atoms. The highest BCUT2D eigenvalue weighted by Crippen LogP contribution is 2.35. The number of hydrogen-bond acceptors (Lipinski definition) is 8. The first-order valence-electron chi connectivity index (χ1n) is 22.9. The van der Waals surface area contributed by atoms with Crippen molar-refractivity contribution in [1.82, 2.24) is 40.4 Å². The molecule has 4 amide bonds. The van der Waals surface area contributed by atoms with Crippen LogP contribution in [0, 0.1) is 0 Å². The van der Waals surface area contributed by atoms with E-state index in [0.29, 0.717) is 25.9 Å². The predicted molar refractivity (Wildman–Crippen MR) is 252 cm³/mol. The number of alkyl carbamates (subject to hydrolysis) is 2. The average molecular weight is 891 g/mol. The largest absolute Gasteiger partial charge is 0.453 e. The number of aryl methyl sites for hydroxylation is 2. The van der Waals surface area contributed by atoms with Crippen LogP contribution in [0.3, 0.4) is 0 Å². The lowest BCUT2D eigenvalue weighted by molar-refractivity contribution is -0.133. The van der Waals surface area contributed by atoms with Crippen LogP contribution in [-0.2, 0) is 31.9 Å². The number of aromatic amines is 2. The van der Waals surface area contributed by atoms with E-state index in [1.54, 1.807) is 0 Å². The van der Waals surface area contributed by atoms with E-state index in [-0.39, 0.29) is 48.8 Å². The third kappa shape index (κ3) is 11.3. The SMILES string of the molecule is COC(=O)NC(CCc1ccccc1)CC(=O)N1CCC[C@H]1c1ncc(-c2ccc(-c3ccc(-c4cnc([C@@H]5CCCN5C(=O)C[C@@H](CCc5ccccc5)NC(=O)OC)[nH]4)cc3)cc2)[nH]1. The number of carbonyl (C=O) groups excluding carboxylic acids is 4. The van der Waals surface area contributed by atoms with E-state index in [0.717, 1.165) is 94.9 Å². The van der Waals surface area contributed by atoms with Gasteiger partial charge in [-0.2, -0.15) is 0 Å². The minimum absolute atomic E-state index is 0.0211. The maximum Gasteiger partial charge on any atom is 0.407 e. The molecular weight excluding hydrogens is 833 g/mol.